The van der Waals surface area contributed by atoms with Gasteiger partial charge in [-0.15, -0.1) is 11.8 Å². The highest BCUT2D eigenvalue weighted by Gasteiger charge is 2.14. The lowest BCUT2D eigenvalue weighted by Gasteiger charge is -2.20. The van der Waals surface area contributed by atoms with Crippen molar-refractivity contribution >= 4 is 11.8 Å². The van der Waals surface area contributed by atoms with Crippen LogP contribution in [0.25, 0.3) is 0 Å². The highest BCUT2D eigenvalue weighted by Crippen LogP contribution is 2.25. The number of hydrogen-bond acceptors (Lipinski definition) is 4. The first kappa shape index (κ1) is 22.3. The fourth-order valence-electron chi connectivity index (χ4n) is 2.58. The van der Waals surface area contributed by atoms with Gasteiger partial charge < -0.3 is 15.2 Å². The normalized spacial score (nSPS) is 13.8. The summed E-state index contributed by atoms with van der Waals surface area (Å²) in [5.41, 5.74) is 0. The zero-order valence-electron chi connectivity index (χ0n) is 16.5. The van der Waals surface area contributed by atoms with Crippen LogP contribution in [0.2, 0.25) is 0 Å². The van der Waals surface area contributed by atoms with Crippen molar-refractivity contribution in [3.63, 3.8) is 0 Å². The molecule has 25 heavy (non-hydrogen) atoms. The highest BCUT2D eigenvalue weighted by atomic mass is 32.2. The molecule has 0 aromatic heterocycles. The van der Waals surface area contributed by atoms with Gasteiger partial charge in [0.15, 0.2) is 0 Å². The van der Waals surface area contributed by atoms with E-state index in [2.05, 4.69) is 38.2 Å². The molecule has 2 unspecified atom stereocenters. The van der Waals surface area contributed by atoms with Crippen LogP contribution in [-0.4, -0.2) is 35.7 Å². The fourth-order valence-corrected chi connectivity index (χ4v) is 3.42. The highest BCUT2D eigenvalue weighted by molar-refractivity contribution is 7.99. The zero-order valence-corrected chi connectivity index (χ0v) is 17.3. The summed E-state index contributed by atoms with van der Waals surface area (Å²) in [5.74, 6) is 0.815. The minimum Gasteiger partial charge on any atom is -0.491 e. The average molecular weight is 368 g/mol. The van der Waals surface area contributed by atoms with E-state index in [9.17, 15) is 5.11 Å². The van der Waals surface area contributed by atoms with Crippen LogP contribution in [-0.2, 0) is 0 Å². The van der Waals surface area contributed by atoms with Gasteiger partial charge in [-0.05, 0) is 44.2 Å². The number of ether oxygens (including phenoxy) is 1. The smallest absolute Gasteiger partial charge is 0.119 e. The predicted molar refractivity (Wildman–Crippen MR) is 110 cm³/mol. The molecule has 0 aliphatic rings. The molecule has 0 saturated carbocycles. The van der Waals surface area contributed by atoms with Crippen LogP contribution in [0.15, 0.2) is 29.2 Å². The van der Waals surface area contributed by atoms with E-state index in [0.717, 1.165) is 12.3 Å². The van der Waals surface area contributed by atoms with Crippen LogP contribution in [0.4, 0.5) is 0 Å². The quantitative estimate of drug-likeness (QED) is 0.347. The van der Waals surface area contributed by atoms with Gasteiger partial charge in [-0.3, -0.25) is 0 Å². The Balaban J connectivity index is 2.16. The van der Waals surface area contributed by atoms with Crippen molar-refractivity contribution in [3.05, 3.63) is 24.3 Å². The van der Waals surface area contributed by atoms with Gasteiger partial charge in [0.25, 0.3) is 0 Å². The van der Waals surface area contributed by atoms with Crippen molar-refractivity contribution in [3.8, 4) is 5.75 Å². The minimum atomic E-state index is -0.496. The maximum atomic E-state index is 10.2. The molecular weight excluding hydrogens is 330 g/mol. The first-order valence-electron chi connectivity index (χ1n) is 9.84. The molecule has 0 saturated heterocycles. The van der Waals surface area contributed by atoms with Gasteiger partial charge in [0.05, 0.1) is 0 Å². The van der Waals surface area contributed by atoms with E-state index in [-0.39, 0.29) is 6.04 Å². The van der Waals surface area contributed by atoms with Gasteiger partial charge in [0.2, 0.25) is 0 Å². The van der Waals surface area contributed by atoms with E-state index in [4.69, 9.17) is 4.74 Å². The molecule has 0 aliphatic heterocycles. The molecular formula is C21H37NO2S. The monoisotopic (exact) mass is 367 g/mol. The Bertz CT molecular complexity index is 436. The standard InChI is InChI=1S/C21H37NO2S/c1-5-6-7-8-9-10-15-22-18(4)21(23)16-24-19-11-13-20(14-12-19)25-17(2)3/h11-14,17-18,21-23H,5-10,15-16H2,1-4H3. The molecule has 0 fully saturated rings. The lowest BCUT2D eigenvalue weighted by atomic mass is 10.1. The van der Waals surface area contributed by atoms with Gasteiger partial charge >= 0.3 is 0 Å². The Labute approximate surface area is 158 Å². The van der Waals surface area contributed by atoms with Crippen LogP contribution in [0.1, 0.15) is 66.2 Å². The predicted octanol–water partition coefficient (Wildman–Crippen LogP) is 5.27. The van der Waals surface area contributed by atoms with Crippen LogP contribution in [0.3, 0.4) is 0 Å². The SMILES string of the molecule is CCCCCCCCNC(C)C(O)COc1ccc(SC(C)C)cc1. The van der Waals surface area contributed by atoms with Crippen molar-refractivity contribution in [1.29, 1.82) is 0 Å². The van der Waals surface area contributed by atoms with Gasteiger partial charge in [0.1, 0.15) is 18.5 Å². The number of hydrogen-bond donors (Lipinski definition) is 2. The molecule has 0 spiro atoms. The number of unbranched alkanes of at least 4 members (excludes halogenated alkanes) is 5. The summed E-state index contributed by atoms with van der Waals surface area (Å²) >= 11 is 1.84. The number of aliphatic hydroxyl groups excluding tert-OH is 1. The summed E-state index contributed by atoms with van der Waals surface area (Å²) in [6, 6.07) is 8.16. The minimum absolute atomic E-state index is 0.0476. The molecule has 1 rings (SSSR count). The van der Waals surface area contributed by atoms with Crippen molar-refractivity contribution in [2.24, 2.45) is 0 Å². The largest absolute Gasteiger partial charge is 0.491 e. The third-order valence-electron chi connectivity index (χ3n) is 4.19. The Morgan fingerprint density at radius 2 is 1.64 bits per heavy atom. The van der Waals surface area contributed by atoms with E-state index in [1.807, 2.05) is 30.8 Å². The molecule has 1 aromatic rings. The number of aliphatic hydroxyl groups is 1. The molecule has 2 N–H and O–H groups in total. The second kappa shape index (κ2) is 13.5. The van der Waals surface area contributed by atoms with Crippen LogP contribution < -0.4 is 10.1 Å². The van der Waals surface area contributed by atoms with Gasteiger partial charge in [-0.2, -0.15) is 0 Å². The van der Waals surface area contributed by atoms with E-state index in [0.29, 0.717) is 11.9 Å². The maximum absolute atomic E-state index is 10.2. The molecule has 144 valence electrons. The Morgan fingerprint density at radius 3 is 2.28 bits per heavy atom. The molecule has 0 bridgehead atoms. The summed E-state index contributed by atoms with van der Waals surface area (Å²) in [6.45, 7) is 9.92. The molecule has 2 atom stereocenters. The van der Waals surface area contributed by atoms with E-state index in [1.165, 1.54) is 43.4 Å². The molecule has 0 aliphatic carbocycles. The summed E-state index contributed by atoms with van der Waals surface area (Å²) < 4.78 is 5.72. The van der Waals surface area contributed by atoms with E-state index in [1.54, 1.807) is 0 Å². The van der Waals surface area contributed by atoms with Crippen molar-refractivity contribution in [2.75, 3.05) is 13.2 Å². The number of benzene rings is 1. The Kier molecular flexibility index (Phi) is 12.0. The van der Waals surface area contributed by atoms with Crippen LogP contribution >= 0.6 is 11.8 Å². The third kappa shape index (κ3) is 10.8. The number of nitrogens with one attached hydrogen (secondary N) is 1. The lowest BCUT2D eigenvalue weighted by molar-refractivity contribution is 0.0785. The average Bonchev–Trinajstić information content (AvgIpc) is 2.59. The molecule has 4 heteroatoms. The lowest BCUT2D eigenvalue weighted by Crippen LogP contribution is -2.41. The fraction of sp³-hybridized carbons (Fsp3) is 0.714. The van der Waals surface area contributed by atoms with Gasteiger partial charge in [-0.1, -0.05) is 52.9 Å². The first-order chi connectivity index (χ1) is 12.0. The number of thioether (sulfide) groups is 1. The van der Waals surface area contributed by atoms with Crippen LogP contribution in [0.5, 0.6) is 5.75 Å². The van der Waals surface area contributed by atoms with Crippen molar-refractivity contribution < 1.29 is 9.84 Å². The first-order valence-corrected chi connectivity index (χ1v) is 10.7. The second-order valence-electron chi connectivity index (χ2n) is 7.03. The van der Waals surface area contributed by atoms with Crippen molar-refractivity contribution in [1.82, 2.24) is 5.32 Å². The van der Waals surface area contributed by atoms with Crippen molar-refractivity contribution in [2.45, 2.75) is 88.5 Å². The number of rotatable bonds is 14. The van der Waals surface area contributed by atoms with E-state index < -0.39 is 6.10 Å². The molecule has 0 heterocycles. The summed E-state index contributed by atoms with van der Waals surface area (Å²) in [7, 11) is 0. The second-order valence-corrected chi connectivity index (χ2v) is 8.68. The zero-order chi connectivity index (χ0) is 18.5. The summed E-state index contributed by atoms with van der Waals surface area (Å²) in [5, 5.41) is 14.2. The molecule has 3 nitrogen and oxygen atoms in total. The molecule has 0 amide bonds. The summed E-state index contributed by atoms with van der Waals surface area (Å²) in [6.07, 6.45) is 7.25. The Morgan fingerprint density at radius 1 is 1.00 bits per heavy atom. The van der Waals surface area contributed by atoms with E-state index >= 15 is 0 Å². The van der Waals surface area contributed by atoms with Gasteiger partial charge in [-0.25, -0.2) is 0 Å². The Hall–Kier alpha value is -0.710. The summed E-state index contributed by atoms with van der Waals surface area (Å²) in [4.78, 5) is 1.25. The van der Waals surface area contributed by atoms with Crippen LogP contribution in [0, 0.1) is 0 Å². The topological polar surface area (TPSA) is 41.5 Å². The van der Waals surface area contributed by atoms with Gasteiger partial charge in [0, 0.05) is 16.2 Å². The maximum Gasteiger partial charge on any atom is 0.119 e. The molecule has 0 radical (unpaired) electrons. The third-order valence-corrected chi connectivity index (χ3v) is 5.21. The molecule has 1 aromatic carbocycles.